The van der Waals surface area contributed by atoms with Crippen molar-refractivity contribution in [2.24, 2.45) is 0 Å². The fourth-order valence-corrected chi connectivity index (χ4v) is 3.64. The molecular weight excluding hydrogens is 257 g/mol. The Morgan fingerprint density at radius 3 is 2.65 bits per heavy atom. The van der Waals surface area contributed by atoms with Crippen molar-refractivity contribution < 1.29 is 13.9 Å². The quantitative estimate of drug-likeness (QED) is 0.861. The Bertz CT molecular complexity index is 620. The van der Waals surface area contributed by atoms with Crippen LogP contribution in [0.5, 0.6) is 0 Å². The molecule has 1 saturated heterocycles. The summed E-state index contributed by atoms with van der Waals surface area (Å²) in [5.74, 6) is -0.0901. The SMILES string of the molecule is Fc1cccc2[nH]cc(C3CCC4(CC3)OCCO4)c12. The second-order valence-electron chi connectivity index (χ2n) is 5.79. The van der Waals surface area contributed by atoms with Crippen LogP contribution in [0.3, 0.4) is 0 Å². The minimum Gasteiger partial charge on any atom is -0.361 e. The molecule has 2 fully saturated rings. The third kappa shape index (κ3) is 1.86. The number of H-pyrrole nitrogens is 1. The number of benzene rings is 1. The molecule has 0 unspecified atom stereocenters. The molecule has 3 nitrogen and oxygen atoms in total. The second-order valence-corrected chi connectivity index (χ2v) is 5.79. The van der Waals surface area contributed by atoms with E-state index in [4.69, 9.17) is 9.47 Å². The Balaban J connectivity index is 1.62. The lowest BCUT2D eigenvalue weighted by Crippen LogP contribution is -2.34. The van der Waals surface area contributed by atoms with Gasteiger partial charge in [0.25, 0.3) is 0 Å². The minimum atomic E-state index is -0.346. The molecule has 2 heterocycles. The van der Waals surface area contributed by atoms with Crippen molar-refractivity contribution in [1.82, 2.24) is 4.98 Å². The van der Waals surface area contributed by atoms with E-state index in [9.17, 15) is 4.39 Å². The highest BCUT2D eigenvalue weighted by Crippen LogP contribution is 2.44. The molecule has 4 rings (SSSR count). The molecule has 2 aromatic rings. The van der Waals surface area contributed by atoms with E-state index in [1.165, 1.54) is 6.07 Å². The first kappa shape index (κ1) is 12.4. The van der Waals surface area contributed by atoms with E-state index >= 15 is 0 Å². The summed E-state index contributed by atoms with van der Waals surface area (Å²) in [4.78, 5) is 3.18. The number of rotatable bonds is 1. The van der Waals surface area contributed by atoms with Crippen LogP contribution in [0.1, 0.15) is 37.2 Å². The second kappa shape index (κ2) is 4.57. The third-order valence-electron chi connectivity index (χ3n) is 4.69. The van der Waals surface area contributed by atoms with Gasteiger partial charge in [0.05, 0.1) is 13.2 Å². The molecule has 4 heteroatoms. The van der Waals surface area contributed by atoms with Crippen LogP contribution in [-0.2, 0) is 9.47 Å². The lowest BCUT2D eigenvalue weighted by Gasteiger charge is -2.35. The van der Waals surface area contributed by atoms with Crippen LogP contribution < -0.4 is 0 Å². The first-order chi connectivity index (χ1) is 9.77. The van der Waals surface area contributed by atoms with E-state index < -0.39 is 0 Å². The Kier molecular flexibility index (Phi) is 2.82. The van der Waals surface area contributed by atoms with E-state index in [0.29, 0.717) is 19.1 Å². The number of aromatic nitrogens is 1. The van der Waals surface area contributed by atoms with Gasteiger partial charge in [0.1, 0.15) is 5.82 Å². The highest BCUT2D eigenvalue weighted by atomic mass is 19.1. The van der Waals surface area contributed by atoms with Gasteiger partial charge >= 0.3 is 0 Å². The molecule has 0 bridgehead atoms. The van der Waals surface area contributed by atoms with Gasteiger partial charge in [-0.25, -0.2) is 4.39 Å². The summed E-state index contributed by atoms with van der Waals surface area (Å²) in [6, 6.07) is 5.20. The van der Waals surface area contributed by atoms with Crippen molar-refractivity contribution in [3.63, 3.8) is 0 Å². The Hall–Kier alpha value is -1.39. The monoisotopic (exact) mass is 275 g/mol. The maximum atomic E-state index is 14.1. The van der Waals surface area contributed by atoms with Gasteiger partial charge in [0.15, 0.2) is 5.79 Å². The van der Waals surface area contributed by atoms with Gasteiger partial charge in [0, 0.05) is 29.9 Å². The van der Waals surface area contributed by atoms with Crippen molar-refractivity contribution in [2.75, 3.05) is 13.2 Å². The van der Waals surface area contributed by atoms with Crippen molar-refractivity contribution in [3.05, 3.63) is 35.8 Å². The fraction of sp³-hybridized carbons (Fsp3) is 0.500. The standard InChI is InChI=1S/C16H18FNO2/c17-13-2-1-3-14-15(13)12(10-18-14)11-4-6-16(7-5-11)19-8-9-20-16/h1-3,10-11,18H,4-9H2. The van der Waals surface area contributed by atoms with E-state index in [0.717, 1.165) is 42.1 Å². The summed E-state index contributed by atoms with van der Waals surface area (Å²) in [5.41, 5.74) is 1.99. The number of ether oxygens (including phenoxy) is 2. The number of hydrogen-bond acceptors (Lipinski definition) is 2. The van der Waals surface area contributed by atoms with Crippen LogP contribution in [0.4, 0.5) is 4.39 Å². The van der Waals surface area contributed by atoms with Gasteiger partial charge in [-0.3, -0.25) is 0 Å². The van der Waals surface area contributed by atoms with Crippen LogP contribution in [0, 0.1) is 5.82 Å². The van der Waals surface area contributed by atoms with E-state index in [1.807, 2.05) is 12.3 Å². The number of hydrogen-bond donors (Lipinski definition) is 1. The molecule has 1 spiro atoms. The molecule has 20 heavy (non-hydrogen) atoms. The van der Waals surface area contributed by atoms with Gasteiger partial charge in [-0.2, -0.15) is 0 Å². The van der Waals surface area contributed by atoms with Crippen LogP contribution >= 0.6 is 0 Å². The van der Waals surface area contributed by atoms with Crippen LogP contribution in [-0.4, -0.2) is 24.0 Å². The highest BCUT2D eigenvalue weighted by Gasteiger charge is 2.41. The molecule has 1 aromatic heterocycles. The first-order valence-electron chi connectivity index (χ1n) is 7.31. The van der Waals surface area contributed by atoms with Gasteiger partial charge in [-0.05, 0) is 36.5 Å². The van der Waals surface area contributed by atoms with Gasteiger partial charge in [-0.15, -0.1) is 0 Å². The van der Waals surface area contributed by atoms with Crippen molar-refractivity contribution in [2.45, 2.75) is 37.4 Å². The summed E-state index contributed by atoms with van der Waals surface area (Å²) in [7, 11) is 0. The predicted molar refractivity (Wildman–Crippen MR) is 74.1 cm³/mol. The lowest BCUT2D eigenvalue weighted by molar-refractivity contribution is -0.178. The van der Waals surface area contributed by atoms with Crippen molar-refractivity contribution in [1.29, 1.82) is 0 Å². The molecule has 1 aromatic carbocycles. The highest BCUT2D eigenvalue weighted by molar-refractivity contribution is 5.84. The zero-order valence-electron chi connectivity index (χ0n) is 11.3. The first-order valence-corrected chi connectivity index (χ1v) is 7.31. The Labute approximate surface area is 117 Å². The Morgan fingerprint density at radius 2 is 1.90 bits per heavy atom. The number of halogens is 1. The van der Waals surface area contributed by atoms with Crippen LogP contribution in [0.25, 0.3) is 10.9 Å². The summed E-state index contributed by atoms with van der Waals surface area (Å²) < 4.78 is 25.6. The average molecular weight is 275 g/mol. The molecule has 2 aliphatic rings. The van der Waals surface area contributed by atoms with Crippen LogP contribution in [0.2, 0.25) is 0 Å². The number of aromatic amines is 1. The van der Waals surface area contributed by atoms with Crippen molar-refractivity contribution in [3.8, 4) is 0 Å². The maximum absolute atomic E-state index is 14.1. The maximum Gasteiger partial charge on any atom is 0.168 e. The topological polar surface area (TPSA) is 34.2 Å². The molecule has 1 aliphatic carbocycles. The van der Waals surface area contributed by atoms with Gasteiger partial charge in [0.2, 0.25) is 0 Å². The van der Waals surface area contributed by atoms with E-state index in [1.54, 1.807) is 6.07 Å². The van der Waals surface area contributed by atoms with Crippen LogP contribution in [0.15, 0.2) is 24.4 Å². The normalized spacial score (nSPS) is 22.9. The zero-order chi connectivity index (χ0) is 13.6. The molecule has 1 aliphatic heterocycles. The molecule has 0 atom stereocenters. The van der Waals surface area contributed by atoms with Gasteiger partial charge < -0.3 is 14.5 Å². The smallest absolute Gasteiger partial charge is 0.168 e. The Morgan fingerprint density at radius 1 is 1.15 bits per heavy atom. The fourth-order valence-electron chi connectivity index (χ4n) is 3.64. The summed E-state index contributed by atoms with van der Waals surface area (Å²) in [5, 5.41) is 0.752. The molecule has 1 N–H and O–H groups in total. The molecular formula is C16H18FNO2. The summed E-state index contributed by atoms with van der Waals surface area (Å²) in [6.45, 7) is 1.40. The van der Waals surface area contributed by atoms with E-state index in [-0.39, 0.29) is 11.6 Å². The van der Waals surface area contributed by atoms with E-state index in [2.05, 4.69) is 4.98 Å². The third-order valence-corrected chi connectivity index (χ3v) is 4.69. The predicted octanol–water partition coefficient (Wildman–Crippen LogP) is 3.71. The molecule has 1 saturated carbocycles. The zero-order valence-corrected chi connectivity index (χ0v) is 11.3. The average Bonchev–Trinajstić information content (AvgIpc) is 3.08. The molecule has 0 amide bonds. The minimum absolute atomic E-state index is 0.132. The lowest BCUT2D eigenvalue weighted by atomic mass is 9.81. The number of fused-ring (bicyclic) bond motifs is 1. The molecule has 106 valence electrons. The largest absolute Gasteiger partial charge is 0.361 e. The summed E-state index contributed by atoms with van der Waals surface area (Å²) in [6.07, 6.45) is 5.74. The number of nitrogens with one attached hydrogen (secondary N) is 1. The van der Waals surface area contributed by atoms with Gasteiger partial charge in [-0.1, -0.05) is 6.07 Å². The van der Waals surface area contributed by atoms with Crippen molar-refractivity contribution >= 4 is 10.9 Å². The summed E-state index contributed by atoms with van der Waals surface area (Å²) >= 11 is 0. The molecule has 0 radical (unpaired) electrons.